The highest BCUT2D eigenvalue weighted by molar-refractivity contribution is 5.92. The first-order valence-electron chi connectivity index (χ1n) is 21.7. The number of hydrogen-bond donors (Lipinski definition) is 6. The lowest BCUT2D eigenvalue weighted by Crippen LogP contribution is -2.55. The number of likely N-dealkylation sites (tertiary alicyclic amines) is 2. The van der Waals surface area contributed by atoms with Gasteiger partial charge >= 0.3 is 0 Å². The fourth-order valence-electron chi connectivity index (χ4n) is 9.52. The van der Waals surface area contributed by atoms with Crippen LogP contribution in [0.4, 0.5) is 0 Å². The number of nitrogens with two attached hydrogens (primary N) is 1. The number of nitrogens with one attached hydrogen (secondary N) is 3. The van der Waals surface area contributed by atoms with Crippen LogP contribution in [0.5, 0.6) is 11.5 Å². The normalized spacial score (nSPS) is 20.9. The van der Waals surface area contributed by atoms with Crippen molar-refractivity contribution >= 4 is 16.8 Å². The van der Waals surface area contributed by atoms with Crippen molar-refractivity contribution in [3.63, 3.8) is 0 Å². The molecule has 7 unspecified atom stereocenters. The van der Waals surface area contributed by atoms with E-state index in [0.717, 1.165) is 99.1 Å². The number of carbonyl (C=O) groups is 1. The Morgan fingerprint density at radius 3 is 2.37 bits per heavy atom. The summed E-state index contributed by atoms with van der Waals surface area (Å²) in [5.41, 5.74) is 13.7. The Kier molecular flexibility index (Phi) is 11.7. The van der Waals surface area contributed by atoms with Crippen LogP contribution in [0, 0.1) is 5.92 Å². The number of nitrogens with zero attached hydrogens (tertiary/aromatic N) is 5. The van der Waals surface area contributed by atoms with E-state index in [0.29, 0.717) is 19.5 Å². The molecule has 9 rings (SSSR count). The zero-order valence-corrected chi connectivity index (χ0v) is 35.9. The van der Waals surface area contributed by atoms with Crippen molar-refractivity contribution in [2.45, 2.75) is 95.9 Å². The summed E-state index contributed by atoms with van der Waals surface area (Å²) in [6.07, 6.45) is 5.26. The fourth-order valence-corrected chi connectivity index (χ4v) is 9.52. The van der Waals surface area contributed by atoms with E-state index in [1.807, 2.05) is 56.3 Å². The number of methoxy groups -OCH3 is 2. The van der Waals surface area contributed by atoms with Crippen LogP contribution in [0.1, 0.15) is 88.4 Å². The van der Waals surface area contributed by atoms with Crippen LogP contribution in [0.25, 0.3) is 44.7 Å². The molecule has 1 amide bonds. The molecule has 62 heavy (non-hydrogen) atoms. The second-order valence-electron chi connectivity index (χ2n) is 17.0. The summed E-state index contributed by atoms with van der Waals surface area (Å²) in [7, 11) is 3.09. The van der Waals surface area contributed by atoms with Crippen LogP contribution in [-0.4, -0.2) is 102 Å². The minimum atomic E-state index is -1.18. The zero-order chi connectivity index (χ0) is 43.2. The van der Waals surface area contributed by atoms with E-state index in [-0.39, 0.29) is 23.9 Å². The maximum Gasteiger partial charge on any atom is 0.240 e. The van der Waals surface area contributed by atoms with E-state index >= 15 is 0 Å². The highest BCUT2D eigenvalue weighted by Crippen LogP contribution is 2.46. The number of aliphatic hydroxyl groups excluding tert-OH is 2. The molecule has 15 nitrogen and oxygen atoms in total. The smallest absolute Gasteiger partial charge is 0.240 e. The average molecular weight is 844 g/mol. The number of aromatic amines is 2. The summed E-state index contributed by atoms with van der Waals surface area (Å²) < 4.78 is 19.9. The monoisotopic (exact) mass is 843 g/mol. The van der Waals surface area contributed by atoms with Gasteiger partial charge in [0.1, 0.15) is 29.4 Å². The molecule has 326 valence electrons. The predicted molar refractivity (Wildman–Crippen MR) is 236 cm³/mol. The van der Waals surface area contributed by atoms with Crippen molar-refractivity contribution < 1.29 is 29.2 Å². The van der Waals surface area contributed by atoms with Gasteiger partial charge < -0.3 is 49.6 Å². The van der Waals surface area contributed by atoms with Crippen molar-refractivity contribution in [3.05, 3.63) is 96.3 Å². The first-order chi connectivity index (χ1) is 30.1. The summed E-state index contributed by atoms with van der Waals surface area (Å²) in [4.78, 5) is 33.7. The molecule has 3 aromatic heterocycles. The van der Waals surface area contributed by atoms with Gasteiger partial charge in [0, 0.05) is 47.8 Å². The van der Waals surface area contributed by atoms with Crippen molar-refractivity contribution in [1.82, 2.24) is 39.6 Å². The highest BCUT2D eigenvalue weighted by atomic mass is 16.6. The molecule has 3 aromatic carbocycles. The number of carbonyl (C=O) groups excluding carboxylic acids is 1. The molecule has 7 atom stereocenters. The van der Waals surface area contributed by atoms with Gasteiger partial charge in [0.05, 0.1) is 66.3 Å². The van der Waals surface area contributed by atoms with E-state index < -0.39 is 31.0 Å². The quantitative estimate of drug-likeness (QED) is 0.0663. The van der Waals surface area contributed by atoms with E-state index in [4.69, 9.17) is 29.9 Å². The Hall–Kier alpha value is -5.55. The summed E-state index contributed by atoms with van der Waals surface area (Å²) in [5.74, 6) is 3.03. The lowest BCUT2D eigenvalue weighted by atomic mass is 10.0. The molecule has 7 N–H and O–H groups in total. The Morgan fingerprint density at radius 1 is 0.935 bits per heavy atom. The molecular formula is C47H57N9O6. The zero-order valence-electron chi connectivity index (χ0n) is 35.9. The lowest BCUT2D eigenvalue weighted by Gasteiger charge is -2.37. The van der Waals surface area contributed by atoms with Gasteiger partial charge in [-0.1, -0.05) is 45.0 Å². The van der Waals surface area contributed by atoms with Gasteiger partial charge in [-0.15, -0.1) is 0 Å². The number of rotatable bonds is 14. The molecule has 0 bridgehead atoms. The third-order valence-corrected chi connectivity index (χ3v) is 12.9. The summed E-state index contributed by atoms with van der Waals surface area (Å²) in [6, 6.07) is 21.7. The molecule has 0 aliphatic carbocycles. The van der Waals surface area contributed by atoms with E-state index in [1.165, 1.54) is 7.11 Å². The molecule has 6 heterocycles. The average Bonchev–Trinajstić information content (AvgIpc) is 4.15. The molecule has 2 saturated heterocycles. The third-order valence-electron chi connectivity index (χ3n) is 12.9. The molecule has 3 aliphatic heterocycles. The molecule has 0 spiro atoms. The van der Waals surface area contributed by atoms with Gasteiger partial charge in [-0.05, 0) is 80.5 Å². The summed E-state index contributed by atoms with van der Waals surface area (Å²) in [5, 5.41) is 25.8. The van der Waals surface area contributed by atoms with Crippen molar-refractivity contribution in [1.29, 1.82) is 0 Å². The van der Waals surface area contributed by atoms with Crippen LogP contribution >= 0.6 is 0 Å². The molecule has 15 heteroatoms. The largest absolute Gasteiger partial charge is 0.497 e. The number of aromatic nitrogens is 5. The second-order valence-corrected chi connectivity index (χ2v) is 17.0. The third kappa shape index (κ3) is 7.67. The summed E-state index contributed by atoms with van der Waals surface area (Å²) in [6.45, 7) is 7.33. The van der Waals surface area contributed by atoms with Gasteiger partial charge in [-0.3, -0.25) is 15.0 Å². The Bertz CT molecular complexity index is 2550. The van der Waals surface area contributed by atoms with Crippen molar-refractivity contribution in [2.75, 3.05) is 27.3 Å². The fraction of sp³-hybridized carbons (Fsp3) is 0.426. The number of imidazole rings is 2. The van der Waals surface area contributed by atoms with Crippen LogP contribution in [0.3, 0.4) is 0 Å². The number of hydrogen-bond acceptors (Lipinski definition) is 11. The van der Waals surface area contributed by atoms with Crippen molar-refractivity contribution in [3.8, 4) is 45.3 Å². The standard InChI is InChI=1S/C47H57N9O6/c1-6-33(48)44(57)54-18-8-12-37(54)42-50-25-35(52-42)28-14-16-32-39-22-30-20-27(15-17-36(30)56(39)46(62-40(32)23-28)29-10-7-11-31(21-29)60-4)34-24-49-43(51-34)38-13-9-19-55(38)45(58)41(26(2)3)53-47(59)61-5/h7,10-11,14-17,20-26,33,37-38,41,45-47,53,58-59H,6,8-9,12-13,18-19,48H2,1-5H3,(H,49,51)(H,50,52). The van der Waals surface area contributed by atoms with Crippen LogP contribution < -0.4 is 20.5 Å². The molecule has 6 aromatic rings. The van der Waals surface area contributed by atoms with Gasteiger partial charge in [0.2, 0.25) is 18.5 Å². The summed E-state index contributed by atoms with van der Waals surface area (Å²) >= 11 is 0. The lowest BCUT2D eigenvalue weighted by molar-refractivity contribution is -0.133. The molecule has 2 fully saturated rings. The first-order valence-corrected chi connectivity index (χ1v) is 21.7. The number of amides is 1. The van der Waals surface area contributed by atoms with E-state index in [9.17, 15) is 15.0 Å². The minimum absolute atomic E-state index is 0.0303. The molecule has 0 saturated carbocycles. The second kappa shape index (κ2) is 17.3. The van der Waals surface area contributed by atoms with Crippen LogP contribution in [-0.2, 0) is 9.53 Å². The van der Waals surface area contributed by atoms with Crippen molar-refractivity contribution in [2.24, 2.45) is 11.7 Å². The van der Waals surface area contributed by atoms with E-state index in [2.05, 4.69) is 73.3 Å². The molecule has 3 aliphatic rings. The SMILES string of the molecule is CCC(N)C(=O)N1CCCC1c1ncc(-c2ccc3c(c2)OC(c2cccc(OC)c2)n2c-3cc3cc(-c4cnc(C5CCCN5C(O)C(NC(O)OC)C(C)C)[nH]4)ccc32)[nH]1. The number of aliphatic hydroxyl groups is 2. The number of ether oxygens (including phenoxy) is 3. The highest BCUT2D eigenvalue weighted by Gasteiger charge is 2.39. The van der Waals surface area contributed by atoms with E-state index in [1.54, 1.807) is 7.11 Å². The van der Waals surface area contributed by atoms with Gasteiger partial charge in [-0.2, -0.15) is 0 Å². The van der Waals surface area contributed by atoms with Gasteiger partial charge in [0.15, 0.2) is 0 Å². The minimum Gasteiger partial charge on any atom is -0.497 e. The predicted octanol–water partition coefficient (Wildman–Crippen LogP) is 6.43. The maximum absolute atomic E-state index is 13.1. The Balaban J connectivity index is 1.04. The molecule has 0 radical (unpaired) electrons. The Labute approximate surface area is 361 Å². The van der Waals surface area contributed by atoms with Crippen LogP contribution in [0.15, 0.2) is 79.1 Å². The van der Waals surface area contributed by atoms with Gasteiger partial charge in [0.25, 0.3) is 0 Å². The number of H-pyrrole nitrogens is 2. The topological polar surface area (TPSA) is 192 Å². The number of fused-ring (bicyclic) bond motifs is 5. The maximum atomic E-state index is 13.1. The number of benzene rings is 3. The van der Waals surface area contributed by atoms with Gasteiger partial charge in [-0.25, -0.2) is 9.97 Å². The Morgan fingerprint density at radius 2 is 1.65 bits per heavy atom. The molecular weight excluding hydrogens is 787 g/mol. The van der Waals surface area contributed by atoms with Crippen LogP contribution in [0.2, 0.25) is 0 Å². The first kappa shape index (κ1) is 41.8.